The van der Waals surface area contributed by atoms with E-state index in [4.69, 9.17) is 0 Å². The van der Waals surface area contributed by atoms with Gasteiger partial charge in [-0.15, -0.1) is 0 Å². The summed E-state index contributed by atoms with van der Waals surface area (Å²) in [4.78, 5) is 11.5. The number of halogens is 3. The normalized spacial score (nSPS) is 26.5. The summed E-state index contributed by atoms with van der Waals surface area (Å²) in [5, 5.41) is 16.0. The first-order valence-electron chi connectivity index (χ1n) is 6.77. The summed E-state index contributed by atoms with van der Waals surface area (Å²) < 4.78 is 38.9. The highest BCUT2D eigenvalue weighted by Gasteiger charge is 2.47. The summed E-state index contributed by atoms with van der Waals surface area (Å²) in [6.45, 7) is 3.68. The van der Waals surface area contributed by atoms with Crippen molar-refractivity contribution in [2.45, 2.75) is 56.9 Å². The number of hydrogen-bond donors (Lipinski definition) is 2. The lowest BCUT2D eigenvalue weighted by Gasteiger charge is -2.28. The van der Waals surface area contributed by atoms with Crippen molar-refractivity contribution >= 4 is 5.97 Å². The minimum Gasteiger partial charge on any atom is -0.480 e. The van der Waals surface area contributed by atoms with E-state index in [2.05, 4.69) is 10.4 Å². The van der Waals surface area contributed by atoms with Crippen LogP contribution in [0.4, 0.5) is 13.2 Å². The van der Waals surface area contributed by atoms with Crippen LogP contribution in [-0.2, 0) is 11.0 Å². The number of carboxylic acids is 1. The Morgan fingerprint density at radius 1 is 1.57 bits per heavy atom. The van der Waals surface area contributed by atoms with Crippen molar-refractivity contribution in [2.75, 3.05) is 0 Å². The lowest BCUT2D eigenvalue weighted by Crippen LogP contribution is -2.53. The van der Waals surface area contributed by atoms with E-state index in [-0.39, 0.29) is 18.5 Å². The standard InChI is InChI=1S/C13H18F3N3O2/c1-8(2)17-12(11(20)21)5-3-9(7-12)19-6-4-10(18-19)13(14,15)16/h4,6,8-9,17H,3,5,7H2,1-2H3,(H,20,21). The fourth-order valence-corrected chi connectivity index (χ4v) is 2.88. The predicted molar refractivity (Wildman–Crippen MR) is 68.8 cm³/mol. The maximum Gasteiger partial charge on any atom is 0.435 e. The second kappa shape index (κ2) is 5.32. The first kappa shape index (κ1) is 15.8. The largest absolute Gasteiger partial charge is 0.480 e. The summed E-state index contributed by atoms with van der Waals surface area (Å²) >= 11 is 0. The molecule has 8 heteroatoms. The van der Waals surface area contributed by atoms with E-state index in [1.807, 2.05) is 13.8 Å². The Hall–Kier alpha value is -1.57. The predicted octanol–water partition coefficient (Wildman–Crippen LogP) is 2.45. The Bertz CT molecular complexity index is 527. The number of aliphatic carboxylic acids is 1. The van der Waals surface area contributed by atoms with E-state index in [1.165, 1.54) is 10.9 Å². The van der Waals surface area contributed by atoms with Gasteiger partial charge in [0.05, 0.1) is 6.04 Å². The highest BCUT2D eigenvalue weighted by molar-refractivity contribution is 5.79. The van der Waals surface area contributed by atoms with Crippen molar-refractivity contribution < 1.29 is 23.1 Å². The van der Waals surface area contributed by atoms with Gasteiger partial charge in [-0.25, -0.2) is 0 Å². The maximum absolute atomic E-state index is 12.6. The molecule has 21 heavy (non-hydrogen) atoms. The van der Waals surface area contributed by atoms with Gasteiger partial charge in [0.25, 0.3) is 0 Å². The van der Waals surface area contributed by atoms with Gasteiger partial charge in [0.2, 0.25) is 0 Å². The SMILES string of the molecule is CC(C)NC1(C(=O)O)CCC(n2ccc(C(F)(F)F)n2)C1. The second-order valence-corrected chi connectivity index (χ2v) is 5.76. The molecule has 0 radical (unpaired) electrons. The van der Waals surface area contributed by atoms with E-state index < -0.39 is 23.4 Å². The molecular weight excluding hydrogens is 287 g/mol. The number of alkyl halides is 3. The van der Waals surface area contributed by atoms with Gasteiger partial charge in [-0.05, 0) is 39.2 Å². The summed E-state index contributed by atoms with van der Waals surface area (Å²) in [5.41, 5.74) is -2.05. The zero-order chi connectivity index (χ0) is 15.8. The molecular formula is C13H18F3N3O2. The van der Waals surface area contributed by atoms with Crippen LogP contribution in [0.3, 0.4) is 0 Å². The van der Waals surface area contributed by atoms with Gasteiger partial charge < -0.3 is 5.11 Å². The van der Waals surface area contributed by atoms with Crippen LogP contribution in [0.5, 0.6) is 0 Å². The van der Waals surface area contributed by atoms with Crippen molar-refractivity contribution in [3.05, 3.63) is 18.0 Å². The van der Waals surface area contributed by atoms with E-state index in [0.717, 1.165) is 6.07 Å². The van der Waals surface area contributed by atoms with E-state index in [0.29, 0.717) is 12.8 Å². The number of nitrogens with zero attached hydrogens (tertiary/aromatic N) is 2. The van der Waals surface area contributed by atoms with Crippen LogP contribution in [0.2, 0.25) is 0 Å². The molecule has 0 bridgehead atoms. The van der Waals surface area contributed by atoms with Crippen molar-refractivity contribution in [2.24, 2.45) is 0 Å². The van der Waals surface area contributed by atoms with Crippen LogP contribution in [0, 0.1) is 0 Å². The fraction of sp³-hybridized carbons (Fsp3) is 0.692. The monoisotopic (exact) mass is 305 g/mol. The number of nitrogens with one attached hydrogen (secondary N) is 1. The number of hydrogen-bond acceptors (Lipinski definition) is 3. The Morgan fingerprint density at radius 2 is 2.24 bits per heavy atom. The molecule has 0 spiro atoms. The molecule has 0 saturated heterocycles. The fourth-order valence-electron chi connectivity index (χ4n) is 2.88. The van der Waals surface area contributed by atoms with Gasteiger partial charge in [0, 0.05) is 12.2 Å². The Kier molecular flexibility index (Phi) is 4.01. The zero-order valence-electron chi connectivity index (χ0n) is 11.8. The molecule has 1 aromatic rings. The van der Waals surface area contributed by atoms with Crippen LogP contribution in [0.1, 0.15) is 44.8 Å². The van der Waals surface area contributed by atoms with Crippen molar-refractivity contribution in [3.63, 3.8) is 0 Å². The van der Waals surface area contributed by atoms with Gasteiger partial charge in [-0.1, -0.05) is 0 Å². The summed E-state index contributed by atoms with van der Waals surface area (Å²) in [6.07, 6.45) is -2.15. The Labute approximate surface area is 120 Å². The molecule has 1 aromatic heterocycles. The van der Waals surface area contributed by atoms with Gasteiger partial charge in [-0.2, -0.15) is 18.3 Å². The quantitative estimate of drug-likeness (QED) is 0.896. The third-order valence-electron chi connectivity index (χ3n) is 3.74. The summed E-state index contributed by atoms with van der Waals surface area (Å²) in [7, 11) is 0. The topological polar surface area (TPSA) is 67.2 Å². The molecule has 1 heterocycles. The number of carboxylic acid groups (broad SMARTS) is 1. The molecule has 2 N–H and O–H groups in total. The Morgan fingerprint density at radius 3 is 2.71 bits per heavy atom. The third kappa shape index (κ3) is 3.20. The molecule has 118 valence electrons. The number of carbonyl (C=O) groups is 1. The molecule has 2 rings (SSSR count). The molecule has 1 saturated carbocycles. The zero-order valence-corrected chi connectivity index (χ0v) is 11.8. The van der Waals surface area contributed by atoms with Crippen LogP contribution < -0.4 is 5.32 Å². The Balaban J connectivity index is 2.17. The number of aromatic nitrogens is 2. The third-order valence-corrected chi connectivity index (χ3v) is 3.74. The first-order valence-corrected chi connectivity index (χ1v) is 6.77. The van der Waals surface area contributed by atoms with E-state index in [9.17, 15) is 23.1 Å². The minimum absolute atomic E-state index is 0.0248. The van der Waals surface area contributed by atoms with E-state index in [1.54, 1.807) is 0 Å². The van der Waals surface area contributed by atoms with Crippen LogP contribution in [0.25, 0.3) is 0 Å². The minimum atomic E-state index is -4.48. The average molecular weight is 305 g/mol. The van der Waals surface area contributed by atoms with Gasteiger partial charge in [0.15, 0.2) is 5.69 Å². The molecule has 1 aliphatic carbocycles. The van der Waals surface area contributed by atoms with Gasteiger partial charge in [0.1, 0.15) is 5.54 Å². The van der Waals surface area contributed by atoms with Crippen LogP contribution in [-0.4, -0.2) is 32.4 Å². The molecule has 1 fully saturated rings. The molecule has 0 aromatic carbocycles. The highest BCUT2D eigenvalue weighted by atomic mass is 19.4. The maximum atomic E-state index is 12.6. The number of rotatable bonds is 4. The first-order chi connectivity index (χ1) is 9.64. The van der Waals surface area contributed by atoms with Gasteiger partial charge >= 0.3 is 12.1 Å². The van der Waals surface area contributed by atoms with Gasteiger partial charge in [-0.3, -0.25) is 14.8 Å². The van der Waals surface area contributed by atoms with Crippen molar-refractivity contribution in [1.29, 1.82) is 0 Å². The highest BCUT2D eigenvalue weighted by Crippen LogP contribution is 2.39. The summed E-state index contributed by atoms with van der Waals surface area (Å²) in [6, 6.07) is 0.544. The van der Waals surface area contributed by atoms with Crippen molar-refractivity contribution in [1.82, 2.24) is 15.1 Å². The van der Waals surface area contributed by atoms with E-state index >= 15 is 0 Å². The molecule has 0 aliphatic heterocycles. The summed E-state index contributed by atoms with van der Waals surface area (Å²) in [5.74, 6) is -0.970. The second-order valence-electron chi connectivity index (χ2n) is 5.76. The molecule has 2 atom stereocenters. The molecule has 5 nitrogen and oxygen atoms in total. The van der Waals surface area contributed by atoms with Crippen LogP contribution >= 0.6 is 0 Å². The smallest absolute Gasteiger partial charge is 0.435 e. The molecule has 2 unspecified atom stereocenters. The van der Waals surface area contributed by atoms with Crippen LogP contribution in [0.15, 0.2) is 12.3 Å². The van der Waals surface area contributed by atoms with Crippen molar-refractivity contribution in [3.8, 4) is 0 Å². The lowest BCUT2D eigenvalue weighted by molar-refractivity contribution is -0.145. The lowest BCUT2D eigenvalue weighted by atomic mass is 9.96. The molecule has 1 aliphatic rings. The molecule has 0 amide bonds. The average Bonchev–Trinajstić information content (AvgIpc) is 2.93.